The molecule has 1 saturated heterocycles. The number of fused-ring (bicyclic) bond motifs is 1. The Morgan fingerprint density at radius 1 is 0.953 bits per heavy atom. The molecule has 0 spiro atoms. The van der Waals surface area contributed by atoms with Crippen molar-refractivity contribution in [2.75, 3.05) is 31.1 Å². The lowest BCUT2D eigenvalue weighted by Crippen LogP contribution is -2.58. The quantitative estimate of drug-likeness (QED) is 0.313. The topological polar surface area (TPSA) is 95.4 Å². The summed E-state index contributed by atoms with van der Waals surface area (Å²) in [6, 6.07) is 20.3. The van der Waals surface area contributed by atoms with E-state index in [2.05, 4.69) is 43.8 Å². The fraction of sp³-hybridized carbons (Fsp3) is 0.312. The van der Waals surface area contributed by atoms with Crippen LogP contribution >= 0.6 is 23.2 Å². The molecule has 4 aromatic rings. The zero-order chi connectivity index (χ0) is 29.8. The Bertz CT molecular complexity index is 1570. The molecule has 1 fully saturated rings. The normalized spacial score (nSPS) is 17.3. The molecule has 222 valence electrons. The van der Waals surface area contributed by atoms with E-state index in [0.717, 1.165) is 22.4 Å². The molecule has 43 heavy (non-hydrogen) atoms. The van der Waals surface area contributed by atoms with Crippen LogP contribution in [0.2, 0.25) is 10.0 Å². The van der Waals surface area contributed by atoms with Gasteiger partial charge >= 0.3 is 0 Å². The molecule has 2 aliphatic heterocycles. The molecule has 1 aromatic heterocycles. The molecular weight excluding hydrogens is 585 g/mol. The van der Waals surface area contributed by atoms with Crippen molar-refractivity contribution in [2.45, 2.75) is 38.0 Å². The number of nitrogens with one attached hydrogen (secondary N) is 2. The highest BCUT2D eigenvalue weighted by molar-refractivity contribution is 6.31. The van der Waals surface area contributed by atoms with Crippen LogP contribution in [0.15, 0.2) is 79.4 Å². The van der Waals surface area contributed by atoms with Crippen molar-refractivity contribution in [1.29, 1.82) is 0 Å². The number of amides is 2. The maximum absolute atomic E-state index is 14.0. The molecule has 0 bridgehead atoms. The summed E-state index contributed by atoms with van der Waals surface area (Å²) in [6.45, 7) is 3.45. The van der Waals surface area contributed by atoms with Crippen LogP contribution < -0.4 is 15.5 Å². The first-order valence-electron chi connectivity index (χ1n) is 14.4. The third-order valence-corrected chi connectivity index (χ3v) is 8.78. The Kier molecular flexibility index (Phi) is 8.92. The molecule has 0 aliphatic carbocycles. The second-order valence-corrected chi connectivity index (χ2v) is 11.8. The fourth-order valence-corrected chi connectivity index (χ4v) is 6.19. The Morgan fingerprint density at radius 3 is 2.47 bits per heavy atom. The van der Waals surface area contributed by atoms with E-state index in [1.807, 2.05) is 41.3 Å². The minimum absolute atomic E-state index is 0.0897. The molecule has 3 aromatic carbocycles. The lowest BCUT2D eigenvalue weighted by atomic mass is 9.95. The van der Waals surface area contributed by atoms with Gasteiger partial charge in [0.1, 0.15) is 18.7 Å². The molecule has 11 heteroatoms. The molecule has 2 N–H and O–H groups in total. The Morgan fingerprint density at radius 2 is 1.72 bits per heavy atom. The second kappa shape index (κ2) is 13.2. The van der Waals surface area contributed by atoms with Crippen LogP contribution in [0.5, 0.6) is 0 Å². The summed E-state index contributed by atoms with van der Waals surface area (Å²) in [5, 5.41) is 11.9. The number of hydrogen-bond donors (Lipinski definition) is 2. The maximum atomic E-state index is 14.0. The Hall–Kier alpha value is -3.92. The number of carbonyl (C=O) groups excluding carboxylic acids is 2. The SMILES string of the molecule is O=C(N[C@H](Cc1ccc(Cl)cc1)C(=O)N1CCN(c2cccc(Cl)c2Cn2cncn2)CC1)[C@H]1Cc2ccccc2CN1. The highest BCUT2D eigenvalue weighted by atomic mass is 35.5. The predicted octanol–water partition coefficient (Wildman–Crippen LogP) is 3.72. The van der Waals surface area contributed by atoms with Gasteiger partial charge < -0.3 is 20.4 Å². The predicted molar refractivity (Wildman–Crippen MR) is 167 cm³/mol. The molecule has 0 unspecified atom stereocenters. The van der Waals surface area contributed by atoms with Crippen LogP contribution in [-0.4, -0.2) is 69.7 Å². The number of halogens is 2. The molecule has 2 atom stereocenters. The number of aromatic nitrogens is 3. The van der Waals surface area contributed by atoms with E-state index in [9.17, 15) is 9.59 Å². The summed E-state index contributed by atoms with van der Waals surface area (Å²) in [7, 11) is 0. The van der Waals surface area contributed by atoms with Gasteiger partial charge in [0.25, 0.3) is 0 Å². The highest BCUT2D eigenvalue weighted by Crippen LogP contribution is 2.29. The average Bonchev–Trinajstić information content (AvgIpc) is 3.55. The van der Waals surface area contributed by atoms with Gasteiger partial charge in [-0.1, -0.05) is 65.7 Å². The van der Waals surface area contributed by atoms with Crippen LogP contribution in [0.25, 0.3) is 0 Å². The van der Waals surface area contributed by atoms with Crippen molar-refractivity contribution in [2.24, 2.45) is 0 Å². The van der Waals surface area contributed by atoms with Gasteiger partial charge in [0.2, 0.25) is 11.8 Å². The first-order valence-corrected chi connectivity index (χ1v) is 15.2. The Labute approximate surface area is 260 Å². The van der Waals surface area contributed by atoms with Crippen LogP contribution in [0.4, 0.5) is 5.69 Å². The zero-order valence-corrected chi connectivity index (χ0v) is 25.1. The van der Waals surface area contributed by atoms with Crippen molar-refractivity contribution in [1.82, 2.24) is 30.3 Å². The van der Waals surface area contributed by atoms with Crippen molar-refractivity contribution in [3.8, 4) is 0 Å². The number of benzene rings is 3. The van der Waals surface area contributed by atoms with Crippen molar-refractivity contribution in [3.05, 3.63) is 112 Å². The highest BCUT2D eigenvalue weighted by Gasteiger charge is 2.32. The van der Waals surface area contributed by atoms with Gasteiger partial charge in [-0.05, 0) is 47.4 Å². The molecular formula is C32H33Cl2N7O2. The van der Waals surface area contributed by atoms with Gasteiger partial charge in [0.15, 0.2) is 0 Å². The molecule has 0 radical (unpaired) electrons. The van der Waals surface area contributed by atoms with Crippen LogP contribution in [0, 0.1) is 0 Å². The summed E-state index contributed by atoms with van der Waals surface area (Å²) in [5.74, 6) is -0.259. The van der Waals surface area contributed by atoms with Crippen LogP contribution in [0.3, 0.4) is 0 Å². The van der Waals surface area contributed by atoms with Gasteiger partial charge in [0, 0.05) is 60.4 Å². The first-order chi connectivity index (χ1) is 20.9. The third-order valence-electron chi connectivity index (χ3n) is 8.18. The molecule has 9 nitrogen and oxygen atoms in total. The summed E-state index contributed by atoms with van der Waals surface area (Å²) in [6.07, 6.45) is 4.13. The van der Waals surface area contributed by atoms with Crippen molar-refractivity contribution >= 4 is 40.7 Å². The van der Waals surface area contributed by atoms with E-state index < -0.39 is 12.1 Å². The van der Waals surface area contributed by atoms with Gasteiger partial charge in [0.05, 0.1) is 12.6 Å². The maximum Gasteiger partial charge on any atom is 0.245 e. The lowest BCUT2D eigenvalue weighted by molar-refractivity contribution is -0.137. The van der Waals surface area contributed by atoms with E-state index >= 15 is 0 Å². The Balaban J connectivity index is 1.15. The van der Waals surface area contributed by atoms with Crippen molar-refractivity contribution < 1.29 is 9.59 Å². The van der Waals surface area contributed by atoms with E-state index in [4.69, 9.17) is 23.2 Å². The van der Waals surface area contributed by atoms with Gasteiger partial charge in [-0.15, -0.1) is 0 Å². The average molecular weight is 619 g/mol. The molecule has 3 heterocycles. The van der Waals surface area contributed by atoms with Gasteiger partial charge in [-0.3, -0.25) is 9.59 Å². The standard InChI is InChI=1S/C32H33Cl2N7O2/c33-25-10-8-22(9-11-25)16-29(38-31(42)28-17-23-4-1-2-5-24(23)18-36-28)32(43)40-14-12-39(13-15-40)30-7-3-6-27(34)26(30)19-41-21-35-20-37-41/h1-11,20-21,28-29,36H,12-19H2,(H,38,42)/t28-,29-/m1/s1. The smallest absolute Gasteiger partial charge is 0.245 e. The van der Waals surface area contributed by atoms with E-state index in [1.54, 1.807) is 23.1 Å². The van der Waals surface area contributed by atoms with Gasteiger partial charge in [-0.25, -0.2) is 9.67 Å². The van der Waals surface area contributed by atoms with Gasteiger partial charge in [-0.2, -0.15) is 5.10 Å². The minimum atomic E-state index is -0.701. The zero-order valence-electron chi connectivity index (χ0n) is 23.6. The largest absolute Gasteiger partial charge is 0.368 e. The summed E-state index contributed by atoms with van der Waals surface area (Å²) in [4.78, 5) is 35.6. The molecule has 0 saturated carbocycles. The molecule has 2 amide bonds. The van der Waals surface area contributed by atoms with E-state index in [0.29, 0.717) is 62.2 Å². The molecule has 2 aliphatic rings. The van der Waals surface area contributed by atoms with Crippen molar-refractivity contribution in [3.63, 3.8) is 0 Å². The number of carbonyl (C=O) groups is 2. The van der Waals surface area contributed by atoms with E-state index in [-0.39, 0.29) is 11.8 Å². The van der Waals surface area contributed by atoms with E-state index in [1.165, 1.54) is 11.9 Å². The summed E-state index contributed by atoms with van der Waals surface area (Å²) < 4.78 is 1.74. The summed E-state index contributed by atoms with van der Waals surface area (Å²) >= 11 is 12.7. The number of anilines is 1. The minimum Gasteiger partial charge on any atom is -0.368 e. The number of hydrogen-bond acceptors (Lipinski definition) is 6. The van der Waals surface area contributed by atoms with Crippen LogP contribution in [0.1, 0.15) is 22.3 Å². The fourth-order valence-electron chi connectivity index (χ4n) is 5.83. The number of rotatable bonds is 8. The third kappa shape index (κ3) is 6.85. The first kappa shape index (κ1) is 29.2. The summed E-state index contributed by atoms with van der Waals surface area (Å²) in [5.41, 5.74) is 5.26. The van der Waals surface area contributed by atoms with Crippen LogP contribution in [-0.2, 0) is 35.5 Å². The number of nitrogens with zero attached hydrogens (tertiary/aromatic N) is 5. The monoisotopic (exact) mass is 617 g/mol. The second-order valence-electron chi connectivity index (χ2n) is 10.9. The number of piperazine rings is 1. The lowest BCUT2D eigenvalue weighted by Gasteiger charge is -2.38. The molecule has 6 rings (SSSR count).